The van der Waals surface area contributed by atoms with E-state index < -0.39 is 5.60 Å². The standard InChI is InChI=1S/C13H20N2O2/c1-9(14)11-4-3-10(7-12(11)16)15-6-5-13(2,17)8-15/h3-4,7,9,16-17H,5-6,8,14H2,1-2H3. The topological polar surface area (TPSA) is 69.7 Å². The largest absolute Gasteiger partial charge is 0.508 e. The SMILES string of the molecule is CC(N)c1ccc(N2CCC(C)(O)C2)cc1O. The minimum absolute atomic E-state index is 0.175. The predicted octanol–water partition coefficient (Wildman–Crippen LogP) is 1.37. The fourth-order valence-electron chi connectivity index (χ4n) is 2.28. The first kappa shape index (κ1) is 12.2. The molecule has 4 heteroatoms. The van der Waals surface area contributed by atoms with Gasteiger partial charge < -0.3 is 20.8 Å². The van der Waals surface area contributed by atoms with Gasteiger partial charge in [0.1, 0.15) is 5.75 Å². The van der Waals surface area contributed by atoms with Gasteiger partial charge in [-0.2, -0.15) is 0 Å². The second-order valence-corrected chi connectivity index (χ2v) is 5.20. The van der Waals surface area contributed by atoms with Crippen LogP contribution in [0.1, 0.15) is 31.9 Å². The number of nitrogens with two attached hydrogens (primary N) is 1. The number of aliphatic hydroxyl groups is 1. The van der Waals surface area contributed by atoms with Gasteiger partial charge in [0.15, 0.2) is 0 Å². The molecule has 1 aromatic rings. The molecule has 1 fully saturated rings. The quantitative estimate of drug-likeness (QED) is 0.725. The molecule has 0 aromatic heterocycles. The molecule has 0 aliphatic carbocycles. The normalized spacial score (nSPS) is 26.2. The van der Waals surface area contributed by atoms with Crippen LogP contribution in [0, 0.1) is 0 Å². The summed E-state index contributed by atoms with van der Waals surface area (Å²) in [6, 6.07) is 5.34. The Balaban J connectivity index is 2.21. The highest BCUT2D eigenvalue weighted by molar-refractivity contribution is 5.55. The number of hydrogen-bond donors (Lipinski definition) is 3. The molecule has 1 saturated heterocycles. The van der Waals surface area contributed by atoms with Crippen molar-refractivity contribution in [2.24, 2.45) is 5.73 Å². The maximum atomic E-state index is 9.91. The summed E-state index contributed by atoms with van der Waals surface area (Å²) in [5, 5.41) is 19.8. The molecular weight excluding hydrogens is 216 g/mol. The van der Waals surface area contributed by atoms with Crippen LogP contribution in [-0.4, -0.2) is 28.9 Å². The molecule has 1 heterocycles. The number of hydrogen-bond acceptors (Lipinski definition) is 4. The van der Waals surface area contributed by atoms with Crippen LogP contribution < -0.4 is 10.6 Å². The van der Waals surface area contributed by atoms with Crippen LogP contribution in [0.3, 0.4) is 0 Å². The van der Waals surface area contributed by atoms with Crippen molar-refractivity contribution >= 4 is 5.69 Å². The fraction of sp³-hybridized carbons (Fsp3) is 0.538. The maximum Gasteiger partial charge on any atom is 0.122 e. The molecule has 94 valence electrons. The van der Waals surface area contributed by atoms with E-state index in [1.807, 2.05) is 26.0 Å². The number of benzene rings is 1. The lowest BCUT2D eigenvalue weighted by atomic mass is 10.1. The number of anilines is 1. The van der Waals surface area contributed by atoms with Gasteiger partial charge in [0.25, 0.3) is 0 Å². The second kappa shape index (κ2) is 4.20. The third-order valence-corrected chi connectivity index (χ3v) is 3.32. The summed E-state index contributed by atoms with van der Waals surface area (Å²) in [4.78, 5) is 2.07. The highest BCUT2D eigenvalue weighted by atomic mass is 16.3. The van der Waals surface area contributed by atoms with Crippen molar-refractivity contribution in [3.8, 4) is 5.75 Å². The van der Waals surface area contributed by atoms with Crippen LogP contribution in [-0.2, 0) is 0 Å². The average molecular weight is 236 g/mol. The van der Waals surface area contributed by atoms with E-state index >= 15 is 0 Å². The summed E-state index contributed by atoms with van der Waals surface area (Å²) >= 11 is 0. The molecule has 0 bridgehead atoms. The predicted molar refractivity (Wildman–Crippen MR) is 68.2 cm³/mol. The van der Waals surface area contributed by atoms with Crippen molar-refractivity contribution in [3.05, 3.63) is 23.8 Å². The average Bonchev–Trinajstić information content (AvgIpc) is 2.58. The minimum Gasteiger partial charge on any atom is -0.508 e. The van der Waals surface area contributed by atoms with E-state index in [9.17, 15) is 10.2 Å². The molecule has 4 N–H and O–H groups in total. The van der Waals surface area contributed by atoms with Crippen LogP contribution in [0.25, 0.3) is 0 Å². The van der Waals surface area contributed by atoms with Gasteiger partial charge >= 0.3 is 0 Å². The van der Waals surface area contributed by atoms with Gasteiger partial charge in [-0.15, -0.1) is 0 Å². The zero-order valence-corrected chi connectivity index (χ0v) is 10.3. The van der Waals surface area contributed by atoms with Crippen molar-refractivity contribution in [1.29, 1.82) is 0 Å². The molecular formula is C13H20N2O2. The first-order chi connectivity index (χ1) is 7.89. The lowest BCUT2D eigenvalue weighted by molar-refractivity contribution is 0.0839. The molecule has 0 saturated carbocycles. The Morgan fingerprint density at radius 3 is 2.65 bits per heavy atom. The summed E-state index contributed by atoms with van der Waals surface area (Å²) in [6.45, 7) is 5.09. The Hall–Kier alpha value is -1.26. The third-order valence-electron chi connectivity index (χ3n) is 3.32. The molecule has 0 spiro atoms. The molecule has 0 amide bonds. The zero-order valence-electron chi connectivity index (χ0n) is 10.3. The van der Waals surface area contributed by atoms with Crippen LogP contribution in [0.2, 0.25) is 0 Å². The first-order valence-electron chi connectivity index (χ1n) is 5.95. The van der Waals surface area contributed by atoms with Crippen molar-refractivity contribution in [3.63, 3.8) is 0 Å². The van der Waals surface area contributed by atoms with Crippen molar-refractivity contribution in [1.82, 2.24) is 0 Å². The molecule has 2 atom stereocenters. The lowest BCUT2D eigenvalue weighted by Crippen LogP contribution is -2.29. The van der Waals surface area contributed by atoms with Gasteiger partial charge in [0.05, 0.1) is 5.60 Å². The Morgan fingerprint density at radius 1 is 1.47 bits per heavy atom. The Morgan fingerprint density at radius 2 is 2.18 bits per heavy atom. The van der Waals surface area contributed by atoms with Crippen molar-refractivity contribution in [2.45, 2.75) is 31.9 Å². The zero-order chi connectivity index (χ0) is 12.6. The Bertz CT molecular complexity index is 416. The molecule has 2 unspecified atom stereocenters. The molecule has 0 radical (unpaired) electrons. The Kier molecular flexibility index (Phi) is 3.02. The van der Waals surface area contributed by atoms with E-state index in [4.69, 9.17) is 5.73 Å². The highest BCUT2D eigenvalue weighted by Crippen LogP contribution is 2.31. The summed E-state index contributed by atoms with van der Waals surface area (Å²) < 4.78 is 0. The fourth-order valence-corrected chi connectivity index (χ4v) is 2.28. The third kappa shape index (κ3) is 2.53. The summed E-state index contributed by atoms with van der Waals surface area (Å²) in [7, 11) is 0. The molecule has 2 rings (SSSR count). The number of phenols is 1. The van der Waals surface area contributed by atoms with Gasteiger partial charge in [-0.1, -0.05) is 6.07 Å². The van der Waals surface area contributed by atoms with Crippen LogP contribution in [0.4, 0.5) is 5.69 Å². The van der Waals surface area contributed by atoms with Gasteiger partial charge in [0, 0.05) is 36.4 Å². The van der Waals surface area contributed by atoms with Gasteiger partial charge in [-0.3, -0.25) is 0 Å². The molecule has 1 aliphatic rings. The maximum absolute atomic E-state index is 9.91. The number of phenolic OH excluding ortho intramolecular Hbond substituents is 1. The number of rotatable bonds is 2. The summed E-state index contributed by atoms with van der Waals surface area (Å²) in [6.07, 6.45) is 0.753. The molecule has 17 heavy (non-hydrogen) atoms. The van der Waals surface area contributed by atoms with E-state index in [-0.39, 0.29) is 11.8 Å². The van der Waals surface area contributed by atoms with E-state index in [0.717, 1.165) is 24.2 Å². The lowest BCUT2D eigenvalue weighted by Gasteiger charge is -2.22. The first-order valence-corrected chi connectivity index (χ1v) is 5.95. The van der Waals surface area contributed by atoms with E-state index in [1.165, 1.54) is 0 Å². The number of nitrogens with zero attached hydrogens (tertiary/aromatic N) is 1. The smallest absolute Gasteiger partial charge is 0.122 e. The van der Waals surface area contributed by atoms with Gasteiger partial charge in [-0.05, 0) is 26.3 Å². The van der Waals surface area contributed by atoms with E-state index in [0.29, 0.717) is 6.54 Å². The monoisotopic (exact) mass is 236 g/mol. The second-order valence-electron chi connectivity index (χ2n) is 5.20. The van der Waals surface area contributed by atoms with Gasteiger partial charge in [0.2, 0.25) is 0 Å². The van der Waals surface area contributed by atoms with Crippen molar-refractivity contribution < 1.29 is 10.2 Å². The van der Waals surface area contributed by atoms with Crippen LogP contribution in [0.15, 0.2) is 18.2 Å². The van der Waals surface area contributed by atoms with Crippen LogP contribution in [0.5, 0.6) is 5.75 Å². The molecule has 4 nitrogen and oxygen atoms in total. The van der Waals surface area contributed by atoms with E-state index in [2.05, 4.69) is 4.90 Å². The number of β-amino-alcohol motifs (C(OH)–C–C–N with tert-alkyl or cyclic N) is 1. The summed E-state index contributed by atoms with van der Waals surface area (Å²) in [5.74, 6) is 0.226. The van der Waals surface area contributed by atoms with Crippen molar-refractivity contribution in [2.75, 3.05) is 18.0 Å². The van der Waals surface area contributed by atoms with Gasteiger partial charge in [-0.25, -0.2) is 0 Å². The van der Waals surface area contributed by atoms with E-state index in [1.54, 1.807) is 6.07 Å². The number of aromatic hydroxyl groups is 1. The van der Waals surface area contributed by atoms with Crippen LogP contribution >= 0.6 is 0 Å². The summed E-state index contributed by atoms with van der Waals surface area (Å²) in [5.41, 5.74) is 6.80. The Labute approximate surface area is 102 Å². The molecule has 1 aliphatic heterocycles. The minimum atomic E-state index is -0.630. The molecule has 1 aromatic carbocycles. The highest BCUT2D eigenvalue weighted by Gasteiger charge is 2.31.